The second kappa shape index (κ2) is 7.26. The molecule has 1 aliphatic rings. The lowest BCUT2D eigenvalue weighted by Gasteiger charge is -2.32. The van der Waals surface area contributed by atoms with E-state index in [9.17, 15) is 14.4 Å². The van der Waals surface area contributed by atoms with Gasteiger partial charge in [0.1, 0.15) is 5.78 Å². The zero-order chi connectivity index (χ0) is 14.4. The second-order valence-electron chi connectivity index (χ2n) is 5.43. The molecule has 5 heteroatoms. The Morgan fingerprint density at radius 2 is 1.58 bits per heavy atom. The van der Waals surface area contributed by atoms with Crippen LogP contribution in [0.4, 0.5) is 0 Å². The van der Waals surface area contributed by atoms with E-state index < -0.39 is 0 Å². The summed E-state index contributed by atoms with van der Waals surface area (Å²) in [5.74, 6) is -0.519. The second-order valence-corrected chi connectivity index (χ2v) is 5.43. The zero-order valence-electron chi connectivity index (χ0n) is 12.1. The third-order valence-corrected chi connectivity index (χ3v) is 3.71. The van der Waals surface area contributed by atoms with Crippen molar-refractivity contribution < 1.29 is 14.4 Å². The maximum Gasteiger partial charge on any atom is 0.242 e. The molecule has 1 aliphatic carbocycles. The Hall–Kier alpha value is -1.39. The quantitative estimate of drug-likeness (QED) is 0.704. The molecule has 0 unspecified atom stereocenters. The van der Waals surface area contributed by atoms with Crippen molar-refractivity contribution in [2.45, 2.75) is 51.5 Å². The van der Waals surface area contributed by atoms with Crippen LogP contribution in [0, 0.1) is 0 Å². The van der Waals surface area contributed by atoms with Crippen molar-refractivity contribution >= 4 is 17.6 Å². The third-order valence-electron chi connectivity index (χ3n) is 3.71. The van der Waals surface area contributed by atoms with Crippen molar-refractivity contribution in [2.24, 2.45) is 0 Å². The number of ketones is 1. The number of carbonyl (C=O) groups is 3. The van der Waals surface area contributed by atoms with E-state index in [1.807, 2.05) is 7.05 Å². The lowest BCUT2D eigenvalue weighted by molar-refractivity contribution is -0.141. The van der Waals surface area contributed by atoms with Crippen LogP contribution >= 0.6 is 0 Å². The van der Waals surface area contributed by atoms with Crippen molar-refractivity contribution in [2.75, 3.05) is 20.6 Å². The van der Waals surface area contributed by atoms with Gasteiger partial charge in [-0.15, -0.1) is 0 Å². The van der Waals surface area contributed by atoms with Gasteiger partial charge in [-0.1, -0.05) is 19.3 Å². The Bertz CT molecular complexity index is 349. The summed E-state index contributed by atoms with van der Waals surface area (Å²) in [6, 6.07) is 0.303. The molecular formula is C14H24N2O3. The SMILES string of the molecule is CC(=O)CC(=O)N(C)CC(=O)N(C)C1CCCCC1. The van der Waals surface area contributed by atoms with Gasteiger partial charge in [0.2, 0.25) is 11.8 Å². The van der Waals surface area contributed by atoms with Crippen LogP contribution in [0.3, 0.4) is 0 Å². The first-order valence-corrected chi connectivity index (χ1v) is 6.91. The van der Waals surface area contributed by atoms with Crippen LogP contribution in [0.5, 0.6) is 0 Å². The topological polar surface area (TPSA) is 57.7 Å². The maximum atomic E-state index is 12.1. The highest BCUT2D eigenvalue weighted by Gasteiger charge is 2.23. The molecule has 19 heavy (non-hydrogen) atoms. The van der Waals surface area contributed by atoms with Gasteiger partial charge in [0.05, 0.1) is 13.0 Å². The molecule has 0 N–H and O–H groups in total. The monoisotopic (exact) mass is 268 g/mol. The van der Waals surface area contributed by atoms with E-state index >= 15 is 0 Å². The number of Topliss-reactive ketones (excluding diaryl/α,β-unsaturated/α-hetero) is 1. The van der Waals surface area contributed by atoms with Crippen LogP contribution in [-0.2, 0) is 14.4 Å². The van der Waals surface area contributed by atoms with E-state index in [-0.39, 0.29) is 30.6 Å². The smallest absolute Gasteiger partial charge is 0.242 e. The Morgan fingerprint density at radius 3 is 2.11 bits per heavy atom. The molecule has 0 aromatic rings. The lowest BCUT2D eigenvalue weighted by Crippen LogP contribution is -2.44. The van der Waals surface area contributed by atoms with E-state index in [0.29, 0.717) is 6.04 Å². The summed E-state index contributed by atoms with van der Waals surface area (Å²) in [7, 11) is 3.37. The predicted octanol–water partition coefficient (Wildman–Crippen LogP) is 1.21. The van der Waals surface area contributed by atoms with Crippen molar-refractivity contribution in [3.63, 3.8) is 0 Å². The van der Waals surface area contributed by atoms with Gasteiger partial charge in [-0.25, -0.2) is 0 Å². The number of likely N-dealkylation sites (N-methyl/N-ethyl adjacent to an activating group) is 2. The van der Waals surface area contributed by atoms with Gasteiger partial charge in [0.25, 0.3) is 0 Å². The molecule has 0 bridgehead atoms. The van der Waals surface area contributed by atoms with Crippen molar-refractivity contribution in [3.8, 4) is 0 Å². The molecule has 0 radical (unpaired) electrons. The summed E-state index contributed by atoms with van der Waals surface area (Å²) in [4.78, 5) is 37.7. The van der Waals surface area contributed by atoms with Crippen LogP contribution in [-0.4, -0.2) is 54.1 Å². The minimum absolute atomic E-state index is 0.0497. The van der Waals surface area contributed by atoms with Crippen molar-refractivity contribution in [1.29, 1.82) is 0 Å². The van der Waals surface area contributed by atoms with Gasteiger partial charge in [-0.05, 0) is 19.8 Å². The van der Waals surface area contributed by atoms with Gasteiger partial charge < -0.3 is 9.80 Å². The standard InChI is InChI=1S/C14H24N2O3/c1-11(17)9-13(18)15(2)10-14(19)16(3)12-7-5-4-6-8-12/h12H,4-10H2,1-3H3. The summed E-state index contributed by atoms with van der Waals surface area (Å²) in [6.45, 7) is 1.43. The lowest BCUT2D eigenvalue weighted by atomic mass is 9.94. The van der Waals surface area contributed by atoms with E-state index in [2.05, 4.69) is 0 Å². The number of amides is 2. The largest absolute Gasteiger partial charge is 0.341 e. The highest BCUT2D eigenvalue weighted by molar-refractivity contribution is 5.97. The van der Waals surface area contributed by atoms with Crippen LogP contribution in [0.15, 0.2) is 0 Å². The van der Waals surface area contributed by atoms with Crippen molar-refractivity contribution in [3.05, 3.63) is 0 Å². The molecule has 1 fully saturated rings. The van der Waals surface area contributed by atoms with E-state index in [0.717, 1.165) is 12.8 Å². The van der Waals surface area contributed by atoms with Gasteiger partial charge in [-0.3, -0.25) is 14.4 Å². The van der Waals surface area contributed by atoms with Gasteiger partial charge in [0.15, 0.2) is 0 Å². The normalized spacial score (nSPS) is 15.9. The van der Waals surface area contributed by atoms with E-state index in [1.54, 1.807) is 11.9 Å². The van der Waals surface area contributed by atoms with Crippen LogP contribution < -0.4 is 0 Å². The highest BCUT2D eigenvalue weighted by Crippen LogP contribution is 2.21. The minimum atomic E-state index is -0.294. The fourth-order valence-electron chi connectivity index (χ4n) is 2.42. The molecule has 1 rings (SSSR count). The van der Waals surface area contributed by atoms with Gasteiger partial charge in [-0.2, -0.15) is 0 Å². The molecule has 0 aromatic heterocycles. The Kier molecular flexibility index (Phi) is 5.99. The predicted molar refractivity (Wildman–Crippen MR) is 72.6 cm³/mol. The average molecular weight is 268 g/mol. The maximum absolute atomic E-state index is 12.1. The Balaban J connectivity index is 2.44. The number of hydrogen-bond donors (Lipinski definition) is 0. The minimum Gasteiger partial charge on any atom is -0.341 e. The van der Waals surface area contributed by atoms with Crippen LogP contribution in [0.1, 0.15) is 45.4 Å². The van der Waals surface area contributed by atoms with Crippen LogP contribution in [0.25, 0.3) is 0 Å². The number of hydrogen-bond acceptors (Lipinski definition) is 3. The fourth-order valence-corrected chi connectivity index (χ4v) is 2.42. The molecule has 0 heterocycles. The first-order valence-electron chi connectivity index (χ1n) is 6.91. The zero-order valence-corrected chi connectivity index (χ0v) is 12.1. The first-order chi connectivity index (χ1) is 8.91. The average Bonchev–Trinajstić information content (AvgIpc) is 2.37. The molecule has 1 saturated carbocycles. The number of rotatable bonds is 5. The number of nitrogens with zero attached hydrogens (tertiary/aromatic N) is 2. The van der Waals surface area contributed by atoms with Gasteiger partial charge >= 0.3 is 0 Å². The Morgan fingerprint density at radius 1 is 1.00 bits per heavy atom. The molecule has 108 valence electrons. The summed E-state index contributed by atoms with van der Waals surface area (Å²) in [5.41, 5.74) is 0. The van der Waals surface area contributed by atoms with E-state index in [1.165, 1.54) is 31.1 Å². The molecular weight excluding hydrogens is 244 g/mol. The van der Waals surface area contributed by atoms with Gasteiger partial charge in [0, 0.05) is 20.1 Å². The molecule has 0 spiro atoms. The summed E-state index contributed by atoms with van der Waals surface area (Å²) in [5, 5.41) is 0. The summed E-state index contributed by atoms with van der Waals surface area (Å²) >= 11 is 0. The molecule has 2 amide bonds. The molecule has 0 saturated heterocycles. The fraction of sp³-hybridized carbons (Fsp3) is 0.786. The molecule has 0 atom stereocenters. The molecule has 0 aliphatic heterocycles. The summed E-state index contributed by atoms with van der Waals surface area (Å²) in [6.07, 6.45) is 5.55. The van der Waals surface area contributed by atoms with Crippen molar-refractivity contribution in [1.82, 2.24) is 9.80 Å². The molecule has 5 nitrogen and oxygen atoms in total. The van der Waals surface area contributed by atoms with E-state index in [4.69, 9.17) is 0 Å². The number of carbonyl (C=O) groups excluding carboxylic acids is 3. The third kappa shape index (κ3) is 5.01. The highest BCUT2D eigenvalue weighted by atomic mass is 16.2. The molecule has 0 aromatic carbocycles. The Labute approximate surface area is 114 Å². The van der Waals surface area contributed by atoms with Crippen LogP contribution in [0.2, 0.25) is 0 Å². The first kappa shape index (κ1) is 15.7. The summed E-state index contributed by atoms with van der Waals surface area (Å²) < 4.78 is 0.